The van der Waals surface area contributed by atoms with Gasteiger partial charge in [-0.2, -0.15) is 0 Å². The second-order valence-electron chi connectivity index (χ2n) is 14.4. The molecule has 0 saturated carbocycles. The highest BCUT2D eigenvalue weighted by atomic mass is 15.1. The zero-order valence-electron chi connectivity index (χ0n) is 30.9. The van der Waals surface area contributed by atoms with E-state index in [1.165, 1.54) is 78.3 Å². The summed E-state index contributed by atoms with van der Waals surface area (Å²) in [6, 6.07) is 53.1. The lowest BCUT2D eigenvalue weighted by molar-refractivity contribution is 0.485. The van der Waals surface area contributed by atoms with Crippen molar-refractivity contribution in [3.63, 3.8) is 0 Å². The first-order valence-electron chi connectivity index (χ1n) is 18.9. The average molecular weight is 674 g/mol. The van der Waals surface area contributed by atoms with E-state index in [0.29, 0.717) is 0 Å². The molecule has 2 aliphatic carbocycles. The maximum Gasteiger partial charge on any atom is 0.0465 e. The molecule has 0 atom stereocenters. The largest absolute Gasteiger partial charge is 0.310 e. The van der Waals surface area contributed by atoms with Crippen molar-refractivity contribution < 1.29 is 0 Å². The first kappa shape index (κ1) is 33.5. The van der Waals surface area contributed by atoms with Crippen molar-refractivity contribution in [2.75, 3.05) is 4.90 Å². The number of benzene rings is 6. The lowest BCUT2D eigenvalue weighted by atomic mass is 9.71. The quantitative estimate of drug-likeness (QED) is 0.148. The maximum absolute atomic E-state index is 2.53. The lowest BCUT2D eigenvalue weighted by Gasteiger charge is -2.33. The molecule has 0 amide bonds. The van der Waals surface area contributed by atoms with Crippen LogP contribution in [0.2, 0.25) is 0 Å². The fourth-order valence-electron chi connectivity index (χ4n) is 8.72. The SMILES string of the molecule is CCC1(CC)C2=C(CCC(/C=C/c3ccc(-c4ccc(-c5ccccc5)c(C)c4C)cc3)=C2)c2ccc(N(c3ccccc3)c3ccccc3)cc21. The van der Waals surface area contributed by atoms with Gasteiger partial charge >= 0.3 is 0 Å². The van der Waals surface area contributed by atoms with Crippen molar-refractivity contribution in [3.8, 4) is 22.3 Å². The van der Waals surface area contributed by atoms with E-state index in [-0.39, 0.29) is 5.41 Å². The summed E-state index contributed by atoms with van der Waals surface area (Å²) in [6.07, 6.45) is 11.5. The van der Waals surface area contributed by atoms with E-state index in [1.807, 2.05) is 0 Å². The van der Waals surface area contributed by atoms with E-state index in [2.05, 4.69) is 196 Å². The Labute approximate surface area is 310 Å². The molecule has 0 saturated heterocycles. The molecule has 0 radical (unpaired) electrons. The zero-order valence-corrected chi connectivity index (χ0v) is 30.9. The molecule has 0 heterocycles. The second kappa shape index (κ2) is 14.2. The molecular weight excluding hydrogens is 627 g/mol. The van der Waals surface area contributed by atoms with Gasteiger partial charge in [-0.05, 0) is 143 Å². The van der Waals surface area contributed by atoms with Gasteiger partial charge in [0.2, 0.25) is 0 Å². The van der Waals surface area contributed by atoms with Crippen LogP contribution < -0.4 is 4.90 Å². The van der Waals surface area contributed by atoms with Gasteiger partial charge in [0.25, 0.3) is 0 Å². The number of hydrogen-bond acceptors (Lipinski definition) is 1. The number of para-hydroxylation sites is 2. The summed E-state index contributed by atoms with van der Waals surface area (Å²) in [7, 11) is 0. The Morgan fingerprint density at radius 1 is 0.538 bits per heavy atom. The van der Waals surface area contributed by atoms with E-state index < -0.39 is 0 Å². The fraction of sp³-hybridized carbons (Fsp3) is 0.176. The molecule has 0 bridgehead atoms. The third-order valence-corrected chi connectivity index (χ3v) is 11.8. The minimum atomic E-state index is 0.00688. The van der Waals surface area contributed by atoms with Gasteiger partial charge in [0.1, 0.15) is 0 Å². The molecule has 0 fully saturated rings. The highest BCUT2D eigenvalue weighted by Crippen LogP contribution is 2.55. The van der Waals surface area contributed by atoms with Crippen molar-refractivity contribution >= 4 is 28.7 Å². The molecule has 0 unspecified atom stereocenters. The van der Waals surface area contributed by atoms with Crippen molar-refractivity contribution in [1.29, 1.82) is 0 Å². The molecule has 1 nitrogen and oxygen atoms in total. The molecule has 256 valence electrons. The highest BCUT2D eigenvalue weighted by molar-refractivity contribution is 5.87. The van der Waals surface area contributed by atoms with E-state index in [9.17, 15) is 0 Å². The van der Waals surface area contributed by atoms with E-state index in [1.54, 1.807) is 5.57 Å². The summed E-state index contributed by atoms with van der Waals surface area (Å²) in [5.74, 6) is 0. The van der Waals surface area contributed by atoms with Crippen LogP contribution in [0.5, 0.6) is 0 Å². The van der Waals surface area contributed by atoms with Gasteiger partial charge in [-0.25, -0.2) is 0 Å². The number of hydrogen-bond donors (Lipinski definition) is 0. The predicted octanol–water partition coefficient (Wildman–Crippen LogP) is 14.4. The van der Waals surface area contributed by atoms with Crippen molar-refractivity contribution in [3.05, 3.63) is 197 Å². The Balaban J connectivity index is 1.07. The molecule has 8 rings (SSSR count). The summed E-state index contributed by atoms with van der Waals surface area (Å²) in [4.78, 5) is 2.39. The molecule has 0 spiro atoms. The minimum Gasteiger partial charge on any atom is -0.310 e. The van der Waals surface area contributed by atoms with Crippen LogP contribution in [-0.2, 0) is 5.41 Å². The Bertz CT molecular complexity index is 2260. The maximum atomic E-state index is 2.53. The average Bonchev–Trinajstić information content (AvgIpc) is 3.48. The van der Waals surface area contributed by atoms with Gasteiger partial charge in [0, 0.05) is 22.5 Å². The van der Waals surface area contributed by atoms with Gasteiger partial charge in [0.05, 0.1) is 0 Å². The number of nitrogens with zero attached hydrogens (tertiary/aromatic N) is 1. The zero-order chi connectivity index (χ0) is 35.7. The standard InChI is InChI=1S/C51H47N/c1-5-51(6-2)49-34-39(23-22-38-24-27-41(28-25-38)46-33-32-45(36(3)37(46)4)40-16-10-7-11-17-40)26-30-47(49)48-31-29-44(35-50(48)51)52(42-18-12-8-13-19-42)43-20-14-9-15-21-43/h7-25,27-29,31-35H,5-6,26,30H2,1-4H3/b23-22+. The summed E-state index contributed by atoms with van der Waals surface area (Å²) in [6.45, 7) is 9.25. The highest BCUT2D eigenvalue weighted by Gasteiger charge is 2.42. The fourth-order valence-corrected chi connectivity index (χ4v) is 8.72. The van der Waals surface area contributed by atoms with Crippen molar-refractivity contribution in [2.45, 2.75) is 58.8 Å². The number of rotatable bonds is 9. The molecular formula is C51H47N. The van der Waals surface area contributed by atoms with Crippen LogP contribution in [0.15, 0.2) is 169 Å². The van der Waals surface area contributed by atoms with Gasteiger partial charge in [-0.15, -0.1) is 0 Å². The first-order valence-corrected chi connectivity index (χ1v) is 18.9. The van der Waals surface area contributed by atoms with E-state index in [4.69, 9.17) is 0 Å². The van der Waals surface area contributed by atoms with Crippen LogP contribution in [-0.4, -0.2) is 0 Å². The predicted molar refractivity (Wildman–Crippen MR) is 223 cm³/mol. The van der Waals surface area contributed by atoms with Crippen molar-refractivity contribution in [1.82, 2.24) is 0 Å². The van der Waals surface area contributed by atoms with Crippen LogP contribution in [0.3, 0.4) is 0 Å². The van der Waals surface area contributed by atoms with Crippen LogP contribution in [0.4, 0.5) is 17.1 Å². The van der Waals surface area contributed by atoms with Crippen molar-refractivity contribution in [2.24, 2.45) is 0 Å². The smallest absolute Gasteiger partial charge is 0.0465 e. The van der Waals surface area contributed by atoms with Crippen LogP contribution in [0, 0.1) is 13.8 Å². The minimum absolute atomic E-state index is 0.00688. The Morgan fingerprint density at radius 2 is 1.08 bits per heavy atom. The van der Waals surface area contributed by atoms with Crippen LogP contribution in [0.1, 0.15) is 67.3 Å². The summed E-state index contributed by atoms with van der Waals surface area (Å²) in [5.41, 5.74) is 20.1. The Morgan fingerprint density at radius 3 is 1.65 bits per heavy atom. The molecule has 6 aromatic rings. The normalized spacial score (nSPS) is 14.7. The number of fused-ring (bicyclic) bond motifs is 2. The van der Waals surface area contributed by atoms with E-state index in [0.717, 1.165) is 25.7 Å². The van der Waals surface area contributed by atoms with Crippen LogP contribution >= 0.6 is 0 Å². The molecule has 1 heteroatoms. The summed E-state index contributed by atoms with van der Waals surface area (Å²) in [5, 5.41) is 0. The molecule has 2 aliphatic rings. The molecule has 52 heavy (non-hydrogen) atoms. The van der Waals surface area contributed by atoms with Gasteiger partial charge in [0.15, 0.2) is 0 Å². The monoisotopic (exact) mass is 673 g/mol. The third-order valence-electron chi connectivity index (χ3n) is 11.8. The van der Waals surface area contributed by atoms with E-state index >= 15 is 0 Å². The number of allylic oxidation sites excluding steroid dienone is 5. The molecule has 0 N–H and O–H groups in total. The summed E-state index contributed by atoms with van der Waals surface area (Å²) >= 11 is 0. The molecule has 0 aliphatic heterocycles. The topological polar surface area (TPSA) is 3.24 Å². The Hall–Kier alpha value is -5.66. The van der Waals surface area contributed by atoms with Crippen LogP contribution in [0.25, 0.3) is 33.9 Å². The van der Waals surface area contributed by atoms with Gasteiger partial charge in [-0.3, -0.25) is 0 Å². The third kappa shape index (κ3) is 5.95. The second-order valence-corrected chi connectivity index (χ2v) is 14.4. The molecule has 6 aromatic carbocycles. The summed E-state index contributed by atoms with van der Waals surface area (Å²) < 4.78 is 0. The number of anilines is 3. The molecule has 0 aromatic heterocycles. The van der Waals surface area contributed by atoms with Gasteiger partial charge in [-0.1, -0.05) is 141 Å². The Kier molecular flexibility index (Phi) is 9.12. The lowest BCUT2D eigenvalue weighted by Crippen LogP contribution is -2.25. The van der Waals surface area contributed by atoms with Gasteiger partial charge < -0.3 is 4.90 Å². The first-order chi connectivity index (χ1) is 25.5.